The minimum absolute atomic E-state index is 0.270. The van der Waals surface area contributed by atoms with E-state index in [-0.39, 0.29) is 6.54 Å². The number of hydrogen-bond acceptors (Lipinski definition) is 4. The molecule has 0 aliphatic heterocycles. The molecule has 1 aromatic rings. The second-order valence-electron chi connectivity index (χ2n) is 4.55. The summed E-state index contributed by atoms with van der Waals surface area (Å²) >= 11 is 0. The summed E-state index contributed by atoms with van der Waals surface area (Å²) in [6.07, 6.45) is 4.24. The van der Waals surface area contributed by atoms with Crippen LogP contribution in [-0.4, -0.2) is 24.5 Å². The molecule has 0 radical (unpaired) electrons. The SMILES string of the molecule is CCCCNS(=O)(=O)c1cn(CCCC)c(=O)[nH]c1=O. The van der Waals surface area contributed by atoms with Gasteiger partial charge in [-0.05, 0) is 12.8 Å². The van der Waals surface area contributed by atoms with Gasteiger partial charge in [-0.15, -0.1) is 0 Å². The average molecular weight is 303 g/mol. The molecule has 0 aliphatic carbocycles. The lowest BCUT2D eigenvalue weighted by Crippen LogP contribution is -2.36. The van der Waals surface area contributed by atoms with Gasteiger partial charge in [0.1, 0.15) is 0 Å². The van der Waals surface area contributed by atoms with Gasteiger partial charge in [-0.1, -0.05) is 26.7 Å². The third-order valence-corrected chi connectivity index (χ3v) is 4.30. The van der Waals surface area contributed by atoms with Gasteiger partial charge < -0.3 is 0 Å². The quantitative estimate of drug-likeness (QED) is 0.679. The van der Waals surface area contributed by atoms with Crippen molar-refractivity contribution in [3.63, 3.8) is 0 Å². The summed E-state index contributed by atoms with van der Waals surface area (Å²) in [6.45, 7) is 4.54. The summed E-state index contributed by atoms with van der Waals surface area (Å²) in [4.78, 5) is 24.9. The predicted octanol–water partition coefficient (Wildman–Crippen LogP) is 0.415. The highest BCUT2D eigenvalue weighted by molar-refractivity contribution is 7.89. The number of rotatable bonds is 8. The van der Waals surface area contributed by atoms with Gasteiger partial charge in [0, 0.05) is 19.3 Å². The summed E-state index contributed by atoms with van der Waals surface area (Å²) in [5.74, 6) is 0. The van der Waals surface area contributed by atoms with Crippen LogP contribution in [0, 0.1) is 0 Å². The van der Waals surface area contributed by atoms with Gasteiger partial charge in [-0.25, -0.2) is 17.9 Å². The Labute approximate surface area is 118 Å². The van der Waals surface area contributed by atoms with Gasteiger partial charge >= 0.3 is 5.69 Å². The minimum Gasteiger partial charge on any atom is -0.299 e. The molecule has 1 rings (SSSR count). The Bertz CT molecular complexity index is 645. The van der Waals surface area contributed by atoms with E-state index in [9.17, 15) is 18.0 Å². The van der Waals surface area contributed by atoms with Crippen LogP contribution in [0.1, 0.15) is 39.5 Å². The Balaban J connectivity index is 3.11. The third-order valence-electron chi connectivity index (χ3n) is 2.84. The van der Waals surface area contributed by atoms with Crippen molar-refractivity contribution in [1.29, 1.82) is 0 Å². The number of nitrogens with zero attached hydrogens (tertiary/aromatic N) is 1. The Morgan fingerprint density at radius 2 is 1.85 bits per heavy atom. The molecule has 1 heterocycles. The highest BCUT2D eigenvalue weighted by Gasteiger charge is 2.19. The van der Waals surface area contributed by atoms with E-state index >= 15 is 0 Å². The molecule has 7 nitrogen and oxygen atoms in total. The van der Waals surface area contributed by atoms with Crippen LogP contribution in [0.4, 0.5) is 0 Å². The first kappa shape index (κ1) is 16.6. The van der Waals surface area contributed by atoms with Crippen molar-refractivity contribution in [2.75, 3.05) is 6.54 Å². The van der Waals surface area contributed by atoms with Crippen LogP contribution in [0.25, 0.3) is 0 Å². The molecule has 1 aromatic heterocycles. The fourth-order valence-electron chi connectivity index (χ4n) is 1.64. The Kier molecular flexibility index (Phi) is 6.15. The molecule has 8 heteroatoms. The maximum atomic E-state index is 12.0. The normalized spacial score (nSPS) is 11.7. The molecule has 2 N–H and O–H groups in total. The molecule has 0 fully saturated rings. The minimum atomic E-state index is -3.88. The van der Waals surface area contributed by atoms with Gasteiger partial charge in [0.2, 0.25) is 10.0 Å². The van der Waals surface area contributed by atoms with E-state index in [1.54, 1.807) is 0 Å². The highest BCUT2D eigenvalue weighted by Crippen LogP contribution is 2.01. The summed E-state index contributed by atoms with van der Waals surface area (Å²) < 4.78 is 27.6. The summed E-state index contributed by atoms with van der Waals surface area (Å²) in [5, 5.41) is 0. The van der Waals surface area contributed by atoms with Crippen molar-refractivity contribution >= 4 is 10.0 Å². The van der Waals surface area contributed by atoms with Crippen LogP contribution in [-0.2, 0) is 16.6 Å². The molecular formula is C12H21N3O4S. The fraction of sp³-hybridized carbons (Fsp3) is 0.667. The molecule has 0 amide bonds. The molecule has 114 valence electrons. The zero-order valence-corrected chi connectivity index (χ0v) is 12.6. The molecule has 0 saturated carbocycles. The van der Waals surface area contributed by atoms with Crippen molar-refractivity contribution in [2.45, 2.75) is 51.0 Å². The number of aromatic nitrogens is 2. The topological polar surface area (TPSA) is 101 Å². The number of aryl methyl sites for hydroxylation is 1. The second kappa shape index (κ2) is 7.39. The number of H-pyrrole nitrogens is 1. The van der Waals surface area contributed by atoms with Crippen LogP contribution in [0.3, 0.4) is 0 Å². The number of sulfonamides is 1. The van der Waals surface area contributed by atoms with Gasteiger partial charge in [0.25, 0.3) is 5.56 Å². The molecule has 0 spiro atoms. The molecule has 0 unspecified atom stereocenters. The number of hydrogen-bond donors (Lipinski definition) is 2. The summed E-state index contributed by atoms with van der Waals surface area (Å²) in [5.41, 5.74) is -1.47. The largest absolute Gasteiger partial charge is 0.328 e. The standard InChI is InChI=1S/C12H21N3O4S/c1-3-5-7-13-20(18,19)10-9-15(8-6-4-2)12(17)14-11(10)16/h9,13H,3-8H2,1-2H3,(H,14,16,17). The number of aromatic amines is 1. The lowest BCUT2D eigenvalue weighted by Gasteiger charge is -2.08. The molecule has 20 heavy (non-hydrogen) atoms. The van der Waals surface area contributed by atoms with E-state index in [0.29, 0.717) is 13.0 Å². The van der Waals surface area contributed by atoms with E-state index in [2.05, 4.69) is 4.72 Å². The van der Waals surface area contributed by atoms with E-state index in [4.69, 9.17) is 0 Å². The first-order chi connectivity index (χ1) is 9.42. The van der Waals surface area contributed by atoms with Crippen LogP contribution >= 0.6 is 0 Å². The van der Waals surface area contributed by atoms with E-state index < -0.39 is 26.2 Å². The van der Waals surface area contributed by atoms with Crippen LogP contribution in [0.15, 0.2) is 20.7 Å². The van der Waals surface area contributed by atoms with E-state index in [0.717, 1.165) is 25.5 Å². The first-order valence-electron chi connectivity index (χ1n) is 6.75. The second-order valence-corrected chi connectivity index (χ2v) is 6.29. The first-order valence-corrected chi connectivity index (χ1v) is 8.24. The van der Waals surface area contributed by atoms with E-state index in [1.165, 1.54) is 4.57 Å². The number of nitrogens with one attached hydrogen (secondary N) is 2. The predicted molar refractivity (Wildman–Crippen MR) is 76.3 cm³/mol. The third kappa shape index (κ3) is 4.31. The van der Waals surface area contributed by atoms with Gasteiger partial charge in [0.15, 0.2) is 4.90 Å². The zero-order chi connectivity index (χ0) is 15.2. The smallest absolute Gasteiger partial charge is 0.299 e. The molecule has 0 atom stereocenters. The fourth-order valence-corrected chi connectivity index (χ4v) is 2.77. The van der Waals surface area contributed by atoms with Crippen molar-refractivity contribution in [3.8, 4) is 0 Å². The van der Waals surface area contributed by atoms with Gasteiger partial charge in [-0.3, -0.25) is 14.3 Å². The Morgan fingerprint density at radius 3 is 2.45 bits per heavy atom. The van der Waals surface area contributed by atoms with Crippen LogP contribution in [0.5, 0.6) is 0 Å². The zero-order valence-electron chi connectivity index (χ0n) is 11.8. The number of unbranched alkanes of at least 4 members (excludes halogenated alkanes) is 2. The Hall–Kier alpha value is -1.41. The van der Waals surface area contributed by atoms with Crippen molar-refractivity contribution in [1.82, 2.24) is 14.3 Å². The van der Waals surface area contributed by atoms with Gasteiger partial charge in [0.05, 0.1) is 0 Å². The summed E-state index contributed by atoms with van der Waals surface area (Å²) in [6, 6.07) is 0. The molecule has 0 aliphatic rings. The molecule has 0 bridgehead atoms. The highest BCUT2D eigenvalue weighted by atomic mass is 32.2. The van der Waals surface area contributed by atoms with E-state index in [1.807, 2.05) is 18.8 Å². The Morgan fingerprint density at radius 1 is 1.20 bits per heavy atom. The van der Waals surface area contributed by atoms with Crippen molar-refractivity contribution in [3.05, 3.63) is 27.0 Å². The van der Waals surface area contributed by atoms with Crippen LogP contribution < -0.4 is 16.0 Å². The van der Waals surface area contributed by atoms with Crippen LogP contribution in [0.2, 0.25) is 0 Å². The lowest BCUT2D eigenvalue weighted by molar-refractivity contribution is 0.561. The van der Waals surface area contributed by atoms with Gasteiger partial charge in [-0.2, -0.15) is 0 Å². The lowest BCUT2D eigenvalue weighted by atomic mass is 10.3. The maximum absolute atomic E-state index is 12.0. The summed E-state index contributed by atoms with van der Waals surface area (Å²) in [7, 11) is -3.88. The molecule has 0 aromatic carbocycles. The molecule has 0 saturated heterocycles. The molecular weight excluding hydrogens is 282 g/mol. The maximum Gasteiger partial charge on any atom is 0.328 e. The van der Waals surface area contributed by atoms with Crippen molar-refractivity contribution in [2.24, 2.45) is 0 Å². The van der Waals surface area contributed by atoms with Crippen molar-refractivity contribution < 1.29 is 8.42 Å². The monoisotopic (exact) mass is 303 g/mol. The average Bonchev–Trinajstić information content (AvgIpc) is 2.37.